The predicted octanol–water partition coefficient (Wildman–Crippen LogP) is 0.472. The molecule has 4 aromatic rings. The number of aliphatic carboxylic acids is 1. The first kappa shape index (κ1) is 49.3. The molecule has 0 saturated carbocycles. The number of halogens is 1. The molecule has 8 N–H and O–H groups in total. The maximum Gasteiger partial charge on any atom is 0.407 e. The molecule has 6 heterocycles. The molecule has 2 aromatic carbocycles. The molecule has 0 spiro atoms. The Hall–Kier alpha value is -7.64. The Morgan fingerprint density at radius 1 is 0.958 bits per heavy atom. The molecule has 9 rings (SSSR count). The van der Waals surface area contributed by atoms with Gasteiger partial charge in [0.05, 0.1) is 40.7 Å². The number of aliphatic hydroxyl groups is 4. The van der Waals surface area contributed by atoms with Crippen molar-refractivity contribution in [3.63, 3.8) is 0 Å². The van der Waals surface area contributed by atoms with Gasteiger partial charge < -0.3 is 65.0 Å². The zero-order valence-corrected chi connectivity index (χ0v) is 38.4. The highest BCUT2D eigenvalue weighted by molar-refractivity contribution is 6.13. The number of carboxylic acid groups (broad SMARTS) is 1. The minimum atomic E-state index is -2.09. The van der Waals surface area contributed by atoms with Gasteiger partial charge in [0.25, 0.3) is 17.4 Å². The number of nitrogens with one attached hydrogen (secondary N) is 3. The number of alkyl carbamates (subject to hydrolysis) is 1. The van der Waals surface area contributed by atoms with Crippen molar-refractivity contribution in [2.45, 2.75) is 108 Å². The first-order valence-electron chi connectivity index (χ1n) is 22.9. The maximum atomic E-state index is 15.5. The van der Waals surface area contributed by atoms with Crippen molar-refractivity contribution in [2.24, 2.45) is 0 Å². The molecule has 1 aliphatic carbocycles. The van der Waals surface area contributed by atoms with Gasteiger partial charge in [-0.2, -0.15) is 0 Å². The van der Waals surface area contributed by atoms with E-state index in [2.05, 4.69) is 16.0 Å². The average molecular weight is 999 g/mol. The number of amides is 5. The number of carbonyl (C=O) groups is 7. The number of benzene rings is 2. The quantitative estimate of drug-likeness (QED) is 0.0554. The van der Waals surface area contributed by atoms with Crippen molar-refractivity contribution in [3.05, 3.63) is 97.6 Å². The number of aromatic nitrogens is 2. The summed E-state index contributed by atoms with van der Waals surface area (Å²) in [5, 5.41) is 60.8. The third-order valence-electron chi connectivity index (χ3n) is 13.6. The molecule has 4 aliphatic heterocycles. The van der Waals surface area contributed by atoms with E-state index >= 15 is 4.39 Å². The molecular formula is C48H47FN6O17. The van der Waals surface area contributed by atoms with Crippen LogP contribution in [0.3, 0.4) is 0 Å². The van der Waals surface area contributed by atoms with Gasteiger partial charge in [-0.05, 0) is 66.6 Å². The number of hydrogen-bond donors (Lipinski definition) is 8. The summed E-state index contributed by atoms with van der Waals surface area (Å²) in [6.07, 6.45) is -8.69. The molecule has 3 unspecified atom stereocenters. The summed E-state index contributed by atoms with van der Waals surface area (Å²) < 4.78 is 38.8. The van der Waals surface area contributed by atoms with Gasteiger partial charge in [-0.25, -0.2) is 23.8 Å². The second-order valence-electron chi connectivity index (χ2n) is 17.9. The number of esters is 1. The fraction of sp³-hybridized carbons (Fsp3) is 0.396. The first-order chi connectivity index (χ1) is 34.3. The normalized spacial score (nSPS) is 23.8. The van der Waals surface area contributed by atoms with Crippen LogP contribution in [-0.4, -0.2) is 125 Å². The number of carboxylic acids is 1. The third kappa shape index (κ3) is 8.80. The van der Waals surface area contributed by atoms with Crippen molar-refractivity contribution < 1.29 is 82.4 Å². The highest BCUT2D eigenvalue weighted by Crippen LogP contribution is 2.46. The summed E-state index contributed by atoms with van der Waals surface area (Å²) in [5.41, 5.74) is 0.747. The minimum Gasteiger partial charge on any atom is -0.479 e. The van der Waals surface area contributed by atoms with E-state index in [-0.39, 0.29) is 91.3 Å². The van der Waals surface area contributed by atoms with Gasteiger partial charge in [-0.1, -0.05) is 13.0 Å². The molecule has 24 heteroatoms. The van der Waals surface area contributed by atoms with E-state index in [1.165, 1.54) is 34.9 Å². The number of pyridine rings is 2. The number of fused-ring (bicyclic) bond motifs is 5. The highest BCUT2D eigenvalue weighted by Gasteiger charge is 2.49. The van der Waals surface area contributed by atoms with Crippen LogP contribution in [0, 0.1) is 12.7 Å². The van der Waals surface area contributed by atoms with Crippen molar-refractivity contribution >= 4 is 58.3 Å². The second-order valence-corrected chi connectivity index (χ2v) is 17.9. The van der Waals surface area contributed by atoms with Crippen LogP contribution < -0.4 is 26.2 Å². The number of nitrogens with zero attached hydrogens (tertiary/aromatic N) is 3. The van der Waals surface area contributed by atoms with Gasteiger partial charge in [-0.3, -0.25) is 28.9 Å². The van der Waals surface area contributed by atoms with Gasteiger partial charge in [-0.15, -0.1) is 0 Å². The molecule has 5 amide bonds. The number of rotatable bonds is 14. The number of aliphatic hydroxyl groups excluding tert-OH is 3. The van der Waals surface area contributed by atoms with Gasteiger partial charge in [0, 0.05) is 60.7 Å². The molecule has 0 bridgehead atoms. The number of hydrogen-bond acceptors (Lipinski definition) is 17. The lowest BCUT2D eigenvalue weighted by Crippen LogP contribution is -2.61. The third-order valence-corrected chi connectivity index (χ3v) is 13.6. The summed E-state index contributed by atoms with van der Waals surface area (Å²) >= 11 is 0. The van der Waals surface area contributed by atoms with Crippen molar-refractivity contribution in [1.29, 1.82) is 0 Å². The van der Waals surface area contributed by atoms with E-state index < -0.39 is 102 Å². The SMILES string of the molecule is CC[C@@]1(O)C(=O)OCc2c1cc1n(c2=O)Cc2c-1nc1cc(F)c(C)c3c1c2[C@@H](NC(=O)OCc1ccc(O[C@@H]2OC(C(=O)O)[C@@H](O)C(O)C2O)c(NC(=O)CCNC(=O)CCN2C(=O)C=CC2=O)c1)CC3. The Morgan fingerprint density at radius 2 is 1.71 bits per heavy atom. The average Bonchev–Trinajstić information content (AvgIpc) is 3.88. The second kappa shape index (κ2) is 19.2. The molecular weight excluding hydrogens is 952 g/mol. The molecule has 2 aromatic heterocycles. The molecule has 0 radical (unpaired) electrons. The Labute approximate surface area is 406 Å². The molecule has 1 saturated heterocycles. The Kier molecular flexibility index (Phi) is 13.1. The van der Waals surface area contributed by atoms with Crippen molar-refractivity contribution in [1.82, 2.24) is 25.1 Å². The zero-order chi connectivity index (χ0) is 51.5. The van der Waals surface area contributed by atoms with Crippen molar-refractivity contribution in [3.8, 4) is 17.1 Å². The number of cyclic esters (lactones) is 1. The lowest BCUT2D eigenvalue weighted by Gasteiger charge is -2.38. The molecule has 378 valence electrons. The summed E-state index contributed by atoms with van der Waals surface area (Å²) in [4.78, 5) is 107. The van der Waals surface area contributed by atoms with Gasteiger partial charge in [0.2, 0.25) is 18.1 Å². The number of carbonyl (C=O) groups excluding carboxylic acids is 6. The number of anilines is 1. The van der Waals surface area contributed by atoms with Gasteiger partial charge in [0.15, 0.2) is 11.7 Å². The zero-order valence-electron chi connectivity index (χ0n) is 38.4. The minimum absolute atomic E-state index is 0.00759. The van der Waals surface area contributed by atoms with Crippen LogP contribution in [0.4, 0.5) is 14.9 Å². The van der Waals surface area contributed by atoms with Crippen LogP contribution in [0.2, 0.25) is 0 Å². The van der Waals surface area contributed by atoms with Crippen LogP contribution >= 0.6 is 0 Å². The highest BCUT2D eigenvalue weighted by atomic mass is 19.1. The fourth-order valence-corrected chi connectivity index (χ4v) is 9.66. The van der Waals surface area contributed by atoms with E-state index in [0.717, 1.165) is 17.1 Å². The van der Waals surface area contributed by atoms with E-state index in [1.807, 2.05) is 0 Å². The molecule has 23 nitrogen and oxygen atoms in total. The number of imide groups is 1. The van der Waals surface area contributed by atoms with Crippen LogP contribution in [0.25, 0.3) is 22.3 Å². The standard InChI is InChI=1S/C48H47FN6O17/c1-3-48(68)25-15-30-38-23(17-55(30)43(63)24(25)19-69-46(48)66)37-27(6-5-22-20(2)26(49)16-29(52-38)36(22)37)53-47(67)70-18-21-4-7-31(71-45-41(62)39(60)40(61)42(72-45)44(64)65)28(14-21)51-33(57)10-12-50-32(56)11-13-54-34(58)8-9-35(54)59/h4,7-9,14-16,27,39-42,45,60-62,68H,3,5-6,10-13,17-19H2,1-2H3,(H,50,56)(H,51,57)(H,53,67)(H,64,65)/t27-,39?,40-,41?,42?,45+,48-/m0/s1. The van der Waals surface area contributed by atoms with Crippen molar-refractivity contribution in [2.75, 3.05) is 18.4 Å². The lowest BCUT2D eigenvalue weighted by molar-refractivity contribution is -0.271. The summed E-state index contributed by atoms with van der Waals surface area (Å²) in [5.74, 6) is -5.69. The fourth-order valence-electron chi connectivity index (χ4n) is 9.66. The molecule has 5 aliphatic rings. The van der Waals surface area contributed by atoms with E-state index in [0.29, 0.717) is 39.8 Å². The van der Waals surface area contributed by atoms with Crippen LogP contribution in [0.1, 0.15) is 77.6 Å². The van der Waals surface area contributed by atoms with E-state index in [9.17, 15) is 63.9 Å². The number of aryl methyl sites for hydroxylation is 1. The van der Waals surface area contributed by atoms with E-state index in [4.69, 9.17) is 23.9 Å². The molecule has 72 heavy (non-hydrogen) atoms. The Balaban J connectivity index is 0.942. The van der Waals surface area contributed by atoms with Crippen LogP contribution in [0.15, 0.2) is 47.3 Å². The first-order valence-corrected chi connectivity index (χ1v) is 22.9. The Bertz CT molecular complexity index is 3090. The van der Waals surface area contributed by atoms with Crippen LogP contribution in [-0.2, 0) is 74.8 Å². The summed E-state index contributed by atoms with van der Waals surface area (Å²) in [6, 6.07) is 6.04. The monoisotopic (exact) mass is 998 g/mol. The predicted molar refractivity (Wildman–Crippen MR) is 242 cm³/mol. The van der Waals surface area contributed by atoms with Gasteiger partial charge in [0.1, 0.15) is 43.1 Å². The maximum absolute atomic E-state index is 15.5. The van der Waals surface area contributed by atoms with E-state index in [1.54, 1.807) is 13.8 Å². The number of ether oxygens (including phenoxy) is 4. The molecule has 1 fully saturated rings. The summed E-state index contributed by atoms with van der Waals surface area (Å²) in [6.45, 7) is 2.05. The topological polar surface area (TPSA) is 332 Å². The smallest absolute Gasteiger partial charge is 0.407 e. The Morgan fingerprint density at radius 3 is 2.43 bits per heavy atom. The van der Waals surface area contributed by atoms with Crippen LogP contribution in [0.5, 0.6) is 5.75 Å². The lowest BCUT2D eigenvalue weighted by atomic mass is 9.81. The largest absolute Gasteiger partial charge is 0.479 e. The summed E-state index contributed by atoms with van der Waals surface area (Å²) in [7, 11) is 0. The molecule has 7 atom stereocenters. The van der Waals surface area contributed by atoms with Gasteiger partial charge >= 0.3 is 18.0 Å².